The maximum Gasteiger partial charge on any atom is 0.259 e. The van der Waals surface area contributed by atoms with Crippen LogP contribution in [0.4, 0.5) is 0 Å². The predicted molar refractivity (Wildman–Crippen MR) is 129 cm³/mol. The third kappa shape index (κ3) is 4.81. The first-order chi connectivity index (χ1) is 17.2. The van der Waals surface area contributed by atoms with Crippen LogP contribution < -0.4 is 9.88 Å². The molecule has 0 saturated carbocycles. The Morgan fingerprint density at radius 2 is 1.89 bits per heavy atom. The number of benzene rings is 1. The van der Waals surface area contributed by atoms with E-state index in [2.05, 4.69) is 15.5 Å². The molecule has 1 aromatic heterocycles. The Morgan fingerprint density at radius 1 is 1.22 bits per heavy atom. The zero-order valence-corrected chi connectivity index (χ0v) is 20.8. The van der Waals surface area contributed by atoms with Crippen LogP contribution in [0, 0.1) is 0 Å². The van der Waals surface area contributed by atoms with Crippen molar-refractivity contribution in [3.63, 3.8) is 0 Å². The smallest absolute Gasteiger partial charge is 0.259 e. The first-order valence-electron chi connectivity index (χ1n) is 12.2. The number of aryl methyl sites for hydroxylation is 2. The third-order valence-corrected chi connectivity index (χ3v) is 8.58. The van der Waals surface area contributed by atoms with Gasteiger partial charge in [0.05, 0.1) is 39.0 Å². The number of fused-ring (bicyclic) bond motifs is 3. The number of aliphatic hydroxyl groups excluding tert-OH is 2. The zero-order valence-electron chi connectivity index (χ0n) is 20.0. The number of nitrogens with two attached hydrogens (primary N) is 1. The SMILES string of the molecule is NS(=O)(=NC(=O)Cc1c2c(cc3c1CCC3)CCC2)c1cnn2c1OCC(OCC(O)(CO)CO)C2. The number of carbonyl (C=O) groups excluding carboxylic acids is 1. The molecule has 196 valence electrons. The van der Waals surface area contributed by atoms with E-state index in [0.29, 0.717) is 0 Å². The minimum absolute atomic E-state index is 0.0391. The summed E-state index contributed by atoms with van der Waals surface area (Å²) in [5.41, 5.74) is 4.40. The van der Waals surface area contributed by atoms with Crippen molar-refractivity contribution in [2.24, 2.45) is 9.50 Å². The Kier molecular flexibility index (Phi) is 6.92. The van der Waals surface area contributed by atoms with Gasteiger partial charge < -0.3 is 24.8 Å². The summed E-state index contributed by atoms with van der Waals surface area (Å²) in [5.74, 6) is -0.374. The number of aliphatic hydroxyl groups is 3. The molecule has 0 bridgehead atoms. The predicted octanol–water partition coefficient (Wildman–Crippen LogP) is -0.176. The van der Waals surface area contributed by atoms with Gasteiger partial charge in [-0.1, -0.05) is 6.07 Å². The van der Waals surface area contributed by atoms with Crippen LogP contribution >= 0.6 is 0 Å². The third-order valence-electron chi connectivity index (χ3n) is 7.20. The molecular weight excluding hydrogens is 488 g/mol. The molecule has 2 atom stereocenters. The highest BCUT2D eigenvalue weighted by Crippen LogP contribution is 2.36. The number of carbonyl (C=O) groups is 1. The van der Waals surface area contributed by atoms with E-state index >= 15 is 0 Å². The highest BCUT2D eigenvalue weighted by molar-refractivity contribution is 7.91. The van der Waals surface area contributed by atoms with Gasteiger partial charge in [-0.3, -0.25) is 4.79 Å². The number of hydrogen-bond donors (Lipinski definition) is 4. The molecule has 2 heterocycles. The molecule has 5 rings (SSSR count). The fraction of sp³-hybridized carbons (Fsp3) is 0.583. The second-order valence-corrected chi connectivity index (χ2v) is 11.6. The summed E-state index contributed by atoms with van der Waals surface area (Å²) in [6.45, 7) is -1.38. The van der Waals surface area contributed by atoms with Crippen molar-refractivity contribution in [1.82, 2.24) is 9.78 Å². The molecule has 5 N–H and O–H groups in total. The van der Waals surface area contributed by atoms with E-state index in [1.165, 1.54) is 33.1 Å². The number of aromatic nitrogens is 2. The number of nitrogens with zero attached hydrogens (tertiary/aromatic N) is 3. The molecule has 2 aromatic rings. The van der Waals surface area contributed by atoms with Gasteiger partial charge in [-0.15, -0.1) is 4.36 Å². The largest absolute Gasteiger partial charge is 0.474 e. The van der Waals surface area contributed by atoms with Crippen LogP contribution in [-0.2, 0) is 58.1 Å². The molecule has 1 aliphatic heterocycles. The van der Waals surface area contributed by atoms with Crippen LogP contribution in [0.1, 0.15) is 40.7 Å². The summed E-state index contributed by atoms with van der Waals surface area (Å²) in [7, 11) is -3.60. The molecular formula is C24H32N4O7S. The van der Waals surface area contributed by atoms with Crippen molar-refractivity contribution in [1.29, 1.82) is 0 Å². The molecule has 0 radical (unpaired) electrons. The molecule has 3 aliphatic rings. The van der Waals surface area contributed by atoms with Crippen molar-refractivity contribution in [2.45, 2.75) is 68.1 Å². The van der Waals surface area contributed by atoms with E-state index in [4.69, 9.17) is 14.6 Å². The van der Waals surface area contributed by atoms with Crippen LogP contribution in [0.3, 0.4) is 0 Å². The summed E-state index contributed by atoms with van der Waals surface area (Å²) >= 11 is 0. The average molecular weight is 521 g/mol. The monoisotopic (exact) mass is 520 g/mol. The minimum atomic E-state index is -3.60. The molecule has 2 aliphatic carbocycles. The fourth-order valence-electron chi connectivity index (χ4n) is 5.30. The molecule has 1 amide bonds. The topological polar surface area (TPSA) is 169 Å². The molecule has 2 unspecified atom stereocenters. The van der Waals surface area contributed by atoms with E-state index in [9.17, 15) is 24.3 Å². The van der Waals surface area contributed by atoms with Crippen LogP contribution in [0.15, 0.2) is 21.5 Å². The molecule has 1 aromatic carbocycles. The van der Waals surface area contributed by atoms with Crippen LogP contribution in [0.5, 0.6) is 5.88 Å². The normalized spacial score (nSPS) is 20.3. The number of hydrogen-bond acceptors (Lipinski definition) is 8. The summed E-state index contributed by atoms with van der Waals surface area (Å²) < 4.78 is 29.9. The molecule has 0 fully saturated rings. The average Bonchev–Trinajstić information content (AvgIpc) is 3.61. The maximum absolute atomic E-state index is 13.3. The lowest BCUT2D eigenvalue weighted by Gasteiger charge is -2.29. The van der Waals surface area contributed by atoms with Gasteiger partial charge in [0.1, 0.15) is 33.1 Å². The van der Waals surface area contributed by atoms with E-state index in [0.717, 1.165) is 44.1 Å². The molecule has 11 nitrogen and oxygen atoms in total. The number of ether oxygens (including phenoxy) is 2. The van der Waals surface area contributed by atoms with Gasteiger partial charge in [0.25, 0.3) is 5.91 Å². The molecule has 36 heavy (non-hydrogen) atoms. The molecule has 12 heteroatoms. The standard InChI is InChI=1S/C24H32N4O7S/c25-36(33,21-9-26-28-10-17(11-34-23(21)28)35-14-24(32,12-29)13-30)27-22(31)8-20-18-5-1-3-15(18)7-16-4-2-6-19(16)20/h7,9,17,29-30,32H,1-6,8,10-14H2,(H2,25,27,31,33). The quantitative estimate of drug-likeness (QED) is 0.372. The first kappa shape index (κ1) is 25.3. The lowest BCUT2D eigenvalue weighted by Crippen LogP contribution is -2.45. The van der Waals surface area contributed by atoms with Crippen molar-refractivity contribution in [3.05, 3.63) is 40.1 Å². The van der Waals surface area contributed by atoms with Crippen molar-refractivity contribution >= 4 is 15.8 Å². The van der Waals surface area contributed by atoms with Crippen molar-refractivity contribution in [3.8, 4) is 5.88 Å². The Morgan fingerprint density at radius 3 is 2.53 bits per heavy atom. The van der Waals surface area contributed by atoms with E-state index in [1.54, 1.807) is 0 Å². The van der Waals surface area contributed by atoms with Crippen LogP contribution in [0.2, 0.25) is 0 Å². The van der Waals surface area contributed by atoms with Crippen molar-refractivity contribution in [2.75, 3.05) is 26.4 Å². The minimum Gasteiger partial charge on any atom is -0.474 e. The summed E-state index contributed by atoms with van der Waals surface area (Å²) in [6.07, 6.45) is 6.94. The van der Waals surface area contributed by atoms with Crippen molar-refractivity contribution < 1.29 is 33.8 Å². The maximum atomic E-state index is 13.3. The lowest BCUT2D eigenvalue weighted by atomic mass is 9.92. The zero-order chi connectivity index (χ0) is 25.5. The summed E-state index contributed by atoms with van der Waals surface area (Å²) in [6, 6.07) is 2.30. The van der Waals surface area contributed by atoms with Gasteiger partial charge in [-0.05, 0) is 66.3 Å². The van der Waals surface area contributed by atoms with Gasteiger partial charge in [0.2, 0.25) is 5.88 Å². The molecule has 0 spiro atoms. The Bertz CT molecular complexity index is 1260. The lowest BCUT2D eigenvalue weighted by molar-refractivity contribution is -0.131. The Hall–Kier alpha value is -2.35. The van der Waals surface area contributed by atoms with Gasteiger partial charge in [-0.25, -0.2) is 14.0 Å². The van der Waals surface area contributed by atoms with Gasteiger partial charge >= 0.3 is 0 Å². The van der Waals surface area contributed by atoms with E-state index in [-0.39, 0.29) is 37.0 Å². The van der Waals surface area contributed by atoms with Crippen LogP contribution in [0.25, 0.3) is 0 Å². The van der Waals surface area contributed by atoms with E-state index in [1.807, 2.05) is 0 Å². The summed E-state index contributed by atoms with van der Waals surface area (Å²) in [5, 5.41) is 38.6. The highest BCUT2D eigenvalue weighted by Gasteiger charge is 2.32. The van der Waals surface area contributed by atoms with E-state index < -0.39 is 40.7 Å². The Balaban J connectivity index is 1.32. The first-order valence-corrected chi connectivity index (χ1v) is 13.8. The fourth-order valence-corrected chi connectivity index (χ4v) is 6.38. The van der Waals surface area contributed by atoms with Crippen LogP contribution in [-0.4, -0.2) is 73.3 Å². The number of rotatable bonds is 8. The van der Waals surface area contributed by atoms with Gasteiger partial charge in [0, 0.05) is 0 Å². The van der Waals surface area contributed by atoms with Gasteiger partial charge in [0.15, 0.2) is 0 Å². The summed E-state index contributed by atoms with van der Waals surface area (Å²) in [4.78, 5) is 13.0. The highest BCUT2D eigenvalue weighted by atomic mass is 32.2. The second-order valence-electron chi connectivity index (χ2n) is 9.85. The Labute approximate surface area is 209 Å². The second kappa shape index (κ2) is 9.84. The van der Waals surface area contributed by atoms with Gasteiger partial charge in [-0.2, -0.15) is 5.10 Å². The number of amides is 1. The molecule has 0 saturated heterocycles.